The van der Waals surface area contributed by atoms with Crippen LogP contribution in [0.4, 0.5) is 0 Å². The van der Waals surface area contributed by atoms with Crippen LogP contribution < -0.4 is 11.1 Å². The van der Waals surface area contributed by atoms with E-state index in [1.165, 1.54) is 24.0 Å². The van der Waals surface area contributed by atoms with Crippen LogP contribution in [0.2, 0.25) is 0 Å². The maximum Gasteiger partial charge on any atom is 0.0444 e. The highest BCUT2D eigenvalue weighted by Crippen LogP contribution is 2.40. The SMILES string of the molecule is CC(C)C(CNC(CN)c1cccc(C2CC2)c1)C(C)C. The predicted molar refractivity (Wildman–Crippen MR) is 91.4 cm³/mol. The summed E-state index contributed by atoms with van der Waals surface area (Å²) in [5.41, 5.74) is 8.87. The Hall–Kier alpha value is -0.860. The molecule has 0 aromatic heterocycles. The standard InChI is InChI=1S/C19H32N2/c1-13(2)18(14(3)4)12-21-19(11-20)17-7-5-6-16(10-17)15-8-9-15/h5-7,10,13-15,18-19,21H,8-9,11-12,20H2,1-4H3. The summed E-state index contributed by atoms with van der Waals surface area (Å²) in [7, 11) is 0. The summed E-state index contributed by atoms with van der Waals surface area (Å²) in [6.07, 6.45) is 2.71. The molecule has 1 saturated carbocycles. The molecule has 1 atom stereocenters. The van der Waals surface area contributed by atoms with Crippen LogP contribution in [-0.4, -0.2) is 13.1 Å². The van der Waals surface area contributed by atoms with E-state index < -0.39 is 0 Å². The number of rotatable bonds is 8. The van der Waals surface area contributed by atoms with Crippen LogP contribution >= 0.6 is 0 Å². The average Bonchev–Trinajstić information content (AvgIpc) is 3.27. The quantitative estimate of drug-likeness (QED) is 0.756. The van der Waals surface area contributed by atoms with Crippen LogP contribution in [0.25, 0.3) is 0 Å². The normalized spacial score (nSPS) is 17.0. The van der Waals surface area contributed by atoms with E-state index >= 15 is 0 Å². The molecule has 1 aromatic carbocycles. The zero-order valence-electron chi connectivity index (χ0n) is 14.1. The van der Waals surface area contributed by atoms with E-state index in [9.17, 15) is 0 Å². The fourth-order valence-corrected chi connectivity index (χ4v) is 3.30. The second kappa shape index (κ2) is 7.42. The Kier molecular flexibility index (Phi) is 5.83. The molecule has 1 aromatic rings. The van der Waals surface area contributed by atoms with Gasteiger partial charge in [-0.15, -0.1) is 0 Å². The van der Waals surface area contributed by atoms with Gasteiger partial charge in [0.1, 0.15) is 0 Å². The first-order valence-electron chi connectivity index (χ1n) is 8.56. The number of benzene rings is 1. The summed E-state index contributed by atoms with van der Waals surface area (Å²) in [5, 5.41) is 3.71. The summed E-state index contributed by atoms with van der Waals surface area (Å²) in [6, 6.07) is 9.32. The molecular formula is C19H32N2. The molecule has 21 heavy (non-hydrogen) atoms. The minimum Gasteiger partial charge on any atom is -0.329 e. The van der Waals surface area contributed by atoms with E-state index in [0.29, 0.717) is 24.3 Å². The number of hydrogen-bond acceptors (Lipinski definition) is 2. The Balaban J connectivity index is 2.00. The predicted octanol–water partition coefficient (Wildman–Crippen LogP) is 4.08. The van der Waals surface area contributed by atoms with Gasteiger partial charge in [0.05, 0.1) is 0 Å². The van der Waals surface area contributed by atoms with Crippen molar-refractivity contribution in [3.05, 3.63) is 35.4 Å². The summed E-state index contributed by atoms with van der Waals surface area (Å²) < 4.78 is 0. The summed E-state index contributed by atoms with van der Waals surface area (Å²) in [5.74, 6) is 2.91. The summed E-state index contributed by atoms with van der Waals surface area (Å²) >= 11 is 0. The van der Waals surface area contributed by atoms with Gasteiger partial charge in [0.15, 0.2) is 0 Å². The second-order valence-corrected chi connectivity index (χ2v) is 7.29. The smallest absolute Gasteiger partial charge is 0.0444 e. The topological polar surface area (TPSA) is 38.0 Å². The van der Waals surface area contributed by atoms with Crippen LogP contribution in [-0.2, 0) is 0 Å². The van der Waals surface area contributed by atoms with Gasteiger partial charge in [0.25, 0.3) is 0 Å². The lowest BCUT2D eigenvalue weighted by atomic mass is 9.85. The number of hydrogen-bond donors (Lipinski definition) is 2. The monoisotopic (exact) mass is 288 g/mol. The molecule has 1 unspecified atom stereocenters. The zero-order valence-corrected chi connectivity index (χ0v) is 14.1. The van der Waals surface area contributed by atoms with Gasteiger partial charge in [-0.1, -0.05) is 52.0 Å². The minimum atomic E-state index is 0.281. The van der Waals surface area contributed by atoms with Crippen molar-refractivity contribution in [2.45, 2.75) is 52.5 Å². The number of nitrogens with two attached hydrogens (primary N) is 1. The lowest BCUT2D eigenvalue weighted by molar-refractivity contribution is 0.266. The maximum absolute atomic E-state index is 6.02. The van der Waals surface area contributed by atoms with Gasteiger partial charge >= 0.3 is 0 Å². The molecule has 1 aliphatic rings. The molecule has 118 valence electrons. The highest BCUT2D eigenvalue weighted by atomic mass is 14.9. The van der Waals surface area contributed by atoms with Gasteiger partial charge in [-0.2, -0.15) is 0 Å². The minimum absolute atomic E-state index is 0.281. The fraction of sp³-hybridized carbons (Fsp3) is 0.684. The van der Waals surface area contributed by atoms with E-state index in [2.05, 4.69) is 57.3 Å². The molecule has 0 saturated heterocycles. The molecule has 0 heterocycles. The first-order chi connectivity index (χ1) is 10.0. The van der Waals surface area contributed by atoms with Gasteiger partial charge in [0.2, 0.25) is 0 Å². The molecule has 0 amide bonds. The average molecular weight is 288 g/mol. The van der Waals surface area contributed by atoms with Crippen LogP contribution in [0.3, 0.4) is 0 Å². The van der Waals surface area contributed by atoms with Gasteiger partial charge in [-0.05, 0) is 54.2 Å². The van der Waals surface area contributed by atoms with Crippen molar-refractivity contribution in [1.29, 1.82) is 0 Å². The Morgan fingerprint density at radius 2 is 1.81 bits per heavy atom. The molecule has 0 radical (unpaired) electrons. The third-order valence-electron chi connectivity index (χ3n) is 4.91. The summed E-state index contributed by atoms with van der Waals surface area (Å²) in [4.78, 5) is 0. The fourth-order valence-electron chi connectivity index (χ4n) is 3.30. The van der Waals surface area contributed by atoms with Crippen LogP contribution in [0.5, 0.6) is 0 Å². The Labute approximate surface area is 130 Å². The van der Waals surface area contributed by atoms with Crippen molar-refractivity contribution < 1.29 is 0 Å². The van der Waals surface area contributed by atoms with E-state index in [0.717, 1.165) is 12.5 Å². The second-order valence-electron chi connectivity index (χ2n) is 7.29. The van der Waals surface area contributed by atoms with E-state index in [-0.39, 0.29) is 6.04 Å². The first-order valence-corrected chi connectivity index (χ1v) is 8.56. The Morgan fingerprint density at radius 1 is 1.14 bits per heavy atom. The molecule has 1 fully saturated rings. The molecule has 2 rings (SSSR count). The van der Waals surface area contributed by atoms with Gasteiger partial charge in [-0.3, -0.25) is 0 Å². The first kappa shape index (κ1) is 16.5. The van der Waals surface area contributed by atoms with E-state index in [4.69, 9.17) is 5.73 Å². The van der Waals surface area contributed by atoms with Crippen molar-refractivity contribution in [3.63, 3.8) is 0 Å². The Bertz CT molecular complexity index is 427. The maximum atomic E-state index is 6.02. The Morgan fingerprint density at radius 3 is 2.33 bits per heavy atom. The molecule has 3 N–H and O–H groups in total. The molecular weight excluding hydrogens is 256 g/mol. The molecule has 0 spiro atoms. The lowest BCUT2D eigenvalue weighted by Crippen LogP contribution is -2.35. The van der Waals surface area contributed by atoms with Gasteiger partial charge in [0, 0.05) is 12.6 Å². The zero-order chi connectivity index (χ0) is 15.4. The van der Waals surface area contributed by atoms with Gasteiger partial charge in [-0.25, -0.2) is 0 Å². The summed E-state index contributed by atoms with van der Waals surface area (Å²) in [6.45, 7) is 11.0. The molecule has 0 aliphatic heterocycles. The van der Waals surface area contributed by atoms with Crippen LogP contribution in [0.1, 0.15) is 63.6 Å². The number of nitrogens with one attached hydrogen (secondary N) is 1. The van der Waals surface area contributed by atoms with Gasteiger partial charge < -0.3 is 11.1 Å². The van der Waals surface area contributed by atoms with E-state index in [1.807, 2.05) is 0 Å². The van der Waals surface area contributed by atoms with Crippen LogP contribution in [0.15, 0.2) is 24.3 Å². The van der Waals surface area contributed by atoms with Crippen molar-refractivity contribution in [3.8, 4) is 0 Å². The molecule has 2 nitrogen and oxygen atoms in total. The third-order valence-corrected chi connectivity index (χ3v) is 4.91. The van der Waals surface area contributed by atoms with Crippen molar-refractivity contribution in [1.82, 2.24) is 5.32 Å². The molecule has 2 heteroatoms. The van der Waals surface area contributed by atoms with E-state index in [1.54, 1.807) is 0 Å². The largest absolute Gasteiger partial charge is 0.329 e. The van der Waals surface area contributed by atoms with Crippen molar-refractivity contribution >= 4 is 0 Å². The third kappa shape index (κ3) is 4.55. The molecule has 1 aliphatic carbocycles. The molecule has 0 bridgehead atoms. The lowest BCUT2D eigenvalue weighted by Gasteiger charge is -2.28. The van der Waals surface area contributed by atoms with Crippen molar-refractivity contribution in [2.24, 2.45) is 23.5 Å². The van der Waals surface area contributed by atoms with Crippen LogP contribution in [0, 0.1) is 17.8 Å². The highest BCUT2D eigenvalue weighted by Gasteiger charge is 2.24. The van der Waals surface area contributed by atoms with Crippen molar-refractivity contribution in [2.75, 3.05) is 13.1 Å². The highest BCUT2D eigenvalue weighted by molar-refractivity contribution is 5.31.